The lowest BCUT2D eigenvalue weighted by atomic mass is 10.3. The number of amides is 1. The summed E-state index contributed by atoms with van der Waals surface area (Å²) < 4.78 is 6.82. The number of ether oxygens (including phenoxy) is 1. The van der Waals surface area contributed by atoms with Crippen LogP contribution >= 0.6 is 0 Å². The number of nitrogens with zero attached hydrogens (tertiary/aromatic N) is 3. The molecule has 0 bridgehead atoms. The van der Waals surface area contributed by atoms with Crippen LogP contribution in [-0.4, -0.2) is 45.9 Å². The number of aryl methyl sites for hydroxylation is 1. The van der Waals surface area contributed by atoms with Crippen molar-refractivity contribution in [3.05, 3.63) is 47.9 Å². The zero-order chi connectivity index (χ0) is 17.0. The first kappa shape index (κ1) is 16.7. The molecular formula is C17H21N3O3. The lowest BCUT2D eigenvalue weighted by Gasteiger charge is -2.20. The zero-order valence-electron chi connectivity index (χ0n) is 13.7. The van der Waals surface area contributed by atoms with Gasteiger partial charge in [0.25, 0.3) is 5.91 Å². The molecule has 6 nitrogen and oxygen atoms in total. The third kappa shape index (κ3) is 4.18. The van der Waals surface area contributed by atoms with E-state index < -0.39 is 5.97 Å². The molecule has 0 N–H and O–H groups in total. The molecule has 0 saturated heterocycles. The van der Waals surface area contributed by atoms with Gasteiger partial charge in [0.2, 0.25) is 0 Å². The van der Waals surface area contributed by atoms with Crippen molar-refractivity contribution >= 4 is 17.5 Å². The molecule has 0 aliphatic heterocycles. The van der Waals surface area contributed by atoms with E-state index in [-0.39, 0.29) is 18.2 Å². The van der Waals surface area contributed by atoms with Crippen molar-refractivity contribution in [3.63, 3.8) is 0 Å². The summed E-state index contributed by atoms with van der Waals surface area (Å²) in [5.41, 5.74) is 2.78. The monoisotopic (exact) mass is 315 g/mol. The Kier molecular flexibility index (Phi) is 5.16. The van der Waals surface area contributed by atoms with E-state index in [4.69, 9.17) is 4.74 Å². The van der Waals surface area contributed by atoms with Crippen LogP contribution in [0.15, 0.2) is 36.7 Å². The Morgan fingerprint density at radius 1 is 1.43 bits per heavy atom. The standard InChI is InChI=1S/C17H21N3O3/c1-5-19(9-12(2)3)16(21)11-23-17(22)14-10-20-7-6-13(4)8-15(20)18-14/h6-8,10H,2,5,9,11H2,1,3-4H3. The molecule has 0 atom stereocenters. The molecule has 0 radical (unpaired) electrons. The minimum Gasteiger partial charge on any atom is -0.451 e. The molecule has 0 unspecified atom stereocenters. The van der Waals surface area contributed by atoms with Crippen molar-refractivity contribution < 1.29 is 14.3 Å². The Morgan fingerprint density at radius 2 is 2.17 bits per heavy atom. The summed E-state index contributed by atoms with van der Waals surface area (Å²) in [6, 6.07) is 3.79. The van der Waals surface area contributed by atoms with Crippen LogP contribution in [0.4, 0.5) is 0 Å². The quantitative estimate of drug-likeness (QED) is 0.606. The van der Waals surface area contributed by atoms with Gasteiger partial charge in [-0.05, 0) is 38.5 Å². The Labute approximate surface area is 135 Å². The van der Waals surface area contributed by atoms with E-state index in [0.717, 1.165) is 11.1 Å². The summed E-state index contributed by atoms with van der Waals surface area (Å²) in [6.45, 7) is 10.2. The summed E-state index contributed by atoms with van der Waals surface area (Å²) in [7, 11) is 0. The number of pyridine rings is 1. The highest BCUT2D eigenvalue weighted by Crippen LogP contribution is 2.09. The van der Waals surface area contributed by atoms with Crippen LogP contribution in [0.2, 0.25) is 0 Å². The number of carbonyl (C=O) groups is 2. The first-order valence-corrected chi connectivity index (χ1v) is 7.45. The molecule has 0 aliphatic rings. The van der Waals surface area contributed by atoms with Crippen LogP contribution in [0.3, 0.4) is 0 Å². The van der Waals surface area contributed by atoms with Crippen molar-refractivity contribution in [3.8, 4) is 0 Å². The van der Waals surface area contributed by atoms with Crippen LogP contribution in [0.5, 0.6) is 0 Å². The summed E-state index contributed by atoms with van der Waals surface area (Å²) in [5.74, 6) is -0.852. The largest absolute Gasteiger partial charge is 0.451 e. The Balaban J connectivity index is 2.00. The van der Waals surface area contributed by atoms with Crippen molar-refractivity contribution in [2.75, 3.05) is 19.7 Å². The van der Waals surface area contributed by atoms with Crippen LogP contribution in [0.25, 0.3) is 5.65 Å². The molecule has 122 valence electrons. The average molecular weight is 315 g/mol. The van der Waals surface area contributed by atoms with Crippen molar-refractivity contribution in [2.24, 2.45) is 0 Å². The molecule has 0 aliphatic carbocycles. The highest BCUT2D eigenvalue weighted by Gasteiger charge is 2.17. The van der Waals surface area contributed by atoms with Crippen LogP contribution in [0.1, 0.15) is 29.9 Å². The number of hydrogen-bond acceptors (Lipinski definition) is 4. The predicted molar refractivity (Wildman–Crippen MR) is 87.3 cm³/mol. The molecule has 0 spiro atoms. The van der Waals surface area contributed by atoms with Gasteiger partial charge in [0.1, 0.15) is 5.65 Å². The van der Waals surface area contributed by atoms with Gasteiger partial charge in [-0.1, -0.05) is 12.2 Å². The van der Waals surface area contributed by atoms with E-state index in [9.17, 15) is 9.59 Å². The normalized spacial score (nSPS) is 10.6. The fourth-order valence-corrected chi connectivity index (χ4v) is 2.18. The number of likely N-dealkylation sites (N-methyl/N-ethyl adjacent to an activating group) is 1. The molecular weight excluding hydrogens is 294 g/mol. The number of hydrogen-bond donors (Lipinski definition) is 0. The number of rotatable bonds is 6. The van der Waals surface area contributed by atoms with E-state index in [0.29, 0.717) is 18.7 Å². The number of carbonyl (C=O) groups excluding carboxylic acids is 2. The summed E-state index contributed by atoms with van der Waals surface area (Å²) in [6.07, 6.45) is 3.42. The van der Waals surface area contributed by atoms with E-state index in [1.807, 2.05) is 39.1 Å². The van der Waals surface area contributed by atoms with Gasteiger partial charge in [-0.3, -0.25) is 4.79 Å². The molecule has 2 heterocycles. The molecule has 0 aromatic carbocycles. The van der Waals surface area contributed by atoms with E-state index in [1.54, 1.807) is 15.5 Å². The van der Waals surface area contributed by atoms with E-state index in [1.165, 1.54) is 0 Å². The molecule has 6 heteroatoms. The van der Waals surface area contributed by atoms with Gasteiger partial charge >= 0.3 is 5.97 Å². The van der Waals surface area contributed by atoms with Gasteiger partial charge in [0.15, 0.2) is 12.3 Å². The SMILES string of the molecule is C=C(C)CN(CC)C(=O)COC(=O)c1cn2ccc(C)cc2n1. The minimum absolute atomic E-state index is 0.186. The molecule has 2 rings (SSSR count). The highest BCUT2D eigenvalue weighted by atomic mass is 16.5. The average Bonchev–Trinajstić information content (AvgIpc) is 2.92. The molecule has 0 saturated carbocycles. The molecule has 1 amide bonds. The summed E-state index contributed by atoms with van der Waals surface area (Å²) in [4.78, 5) is 29.9. The Morgan fingerprint density at radius 3 is 2.83 bits per heavy atom. The fourth-order valence-electron chi connectivity index (χ4n) is 2.18. The fraction of sp³-hybridized carbons (Fsp3) is 0.353. The second-order valence-corrected chi connectivity index (χ2v) is 5.54. The van der Waals surface area contributed by atoms with Crippen LogP contribution in [-0.2, 0) is 9.53 Å². The molecule has 0 fully saturated rings. The Bertz CT molecular complexity index is 749. The maximum atomic E-state index is 12.1. The summed E-state index contributed by atoms with van der Waals surface area (Å²) in [5, 5.41) is 0. The van der Waals surface area contributed by atoms with Crippen molar-refractivity contribution in [2.45, 2.75) is 20.8 Å². The second-order valence-electron chi connectivity index (χ2n) is 5.54. The number of aromatic nitrogens is 2. The second kappa shape index (κ2) is 7.09. The topological polar surface area (TPSA) is 63.9 Å². The van der Waals surface area contributed by atoms with Crippen molar-refractivity contribution in [1.82, 2.24) is 14.3 Å². The maximum absolute atomic E-state index is 12.1. The number of imidazole rings is 1. The lowest BCUT2D eigenvalue weighted by Crippen LogP contribution is -2.35. The van der Waals surface area contributed by atoms with Gasteiger partial charge in [-0.15, -0.1) is 0 Å². The maximum Gasteiger partial charge on any atom is 0.359 e. The van der Waals surface area contributed by atoms with Gasteiger partial charge in [-0.25, -0.2) is 9.78 Å². The van der Waals surface area contributed by atoms with Crippen LogP contribution in [0, 0.1) is 6.92 Å². The highest BCUT2D eigenvalue weighted by molar-refractivity contribution is 5.90. The van der Waals surface area contributed by atoms with Crippen LogP contribution < -0.4 is 0 Å². The summed E-state index contributed by atoms with van der Waals surface area (Å²) >= 11 is 0. The van der Waals surface area contributed by atoms with Crippen molar-refractivity contribution in [1.29, 1.82) is 0 Å². The third-order valence-electron chi connectivity index (χ3n) is 3.35. The van der Waals surface area contributed by atoms with Gasteiger partial charge in [0.05, 0.1) is 0 Å². The Hall–Kier alpha value is -2.63. The number of esters is 1. The van der Waals surface area contributed by atoms with Gasteiger partial charge in [0, 0.05) is 25.5 Å². The lowest BCUT2D eigenvalue weighted by molar-refractivity contribution is -0.133. The van der Waals surface area contributed by atoms with E-state index in [2.05, 4.69) is 11.6 Å². The zero-order valence-corrected chi connectivity index (χ0v) is 13.7. The molecule has 2 aromatic rings. The molecule has 23 heavy (non-hydrogen) atoms. The number of fused-ring (bicyclic) bond motifs is 1. The predicted octanol–water partition coefficient (Wildman–Crippen LogP) is 2.22. The first-order valence-electron chi connectivity index (χ1n) is 7.45. The molecule has 2 aromatic heterocycles. The first-order chi connectivity index (χ1) is 10.9. The smallest absolute Gasteiger partial charge is 0.359 e. The van der Waals surface area contributed by atoms with E-state index >= 15 is 0 Å². The third-order valence-corrected chi connectivity index (χ3v) is 3.35. The minimum atomic E-state index is -0.605. The van der Waals surface area contributed by atoms with Gasteiger partial charge < -0.3 is 14.0 Å². The van der Waals surface area contributed by atoms with Gasteiger partial charge in [-0.2, -0.15) is 0 Å².